The number of likely N-dealkylation sites (tertiary alicyclic amines) is 1. The van der Waals surface area contributed by atoms with Crippen molar-refractivity contribution in [1.29, 1.82) is 0 Å². The maximum Gasteiger partial charge on any atom is 0.223 e. The van der Waals surface area contributed by atoms with Gasteiger partial charge in [-0.15, -0.1) is 0 Å². The van der Waals surface area contributed by atoms with Crippen molar-refractivity contribution in [2.75, 3.05) is 13.1 Å². The summed E-state index contributed by atoms with van der Waals surface area (Å²) in [6, 6.07) is 8.39. The van der Waals surface area contributed by atoms with Crippen molar-refractivity contribution in [2.45, 2.75) is 38.6 Å². The van der Waals surface area contributed by atoms with Crippen LogP contribution in [0.25, 0.3) is 0 Å². The molecule has 1 aliphatic rings. The lowest BCUT2D eigenvalue weighted by molar-refractivity contribution is -0.130. The van der Waals surface area contributed by atoms with Crippen molar-refractivity contribution in [2.24, 2.45) is 11.7 Å². The predicted molar refractivity (Wildman–Crippen MR) is 85.5 cm³/mol. The first-order chi connectivity index (χ1) is 9.47. The molecule has 0 spiro atoms. The third kappa shape index (κ3) is 3.83. The topological polar surface area (TPSA) is 46.3 Å². The van der Waals surface area contributed by atoms with Gasteiger partial charge in [0.25, 0.3) is 0 Å². The third-order valence-electron chi connectivity index (χ3n) is 4.24. The number of rotatable bonds is 4. The molecule has 3 atom stereocenters. The number of hydrogen-bond acceptors (Lipinski definition) is 2. The van der Waals surface area contributed by atoms with Gasteiger partial charge in [0.05, 0.1) is 0 Å². The molecule has 1 amide bonds. The van der Waals surface area contributed by atoms with E-state index in [1.54, 1.807) is 0 Å². The van der Waals surface area contributed by atoms with E-state index >= 15 is 0 Å². The van der Waals surface area contributed by atoms with E-state index in [-0.39, 0.29) is 17.9 Å². The van der Waals surface area contributed by atoms with E-state index in [9.17, 15) is 4.79 Å². The summed E-state index contributed by atoms with van der Waals surface area (Å²) in [7, 11) is 0. The summed E-state index contributed by atoms with van der Waals surface area (Å²) in [5, 5.41) is 0. The summed E-state index contributed by atoms with van der Waals surface area (Å²) in [4.78, 5) is 14.3. The normalized spacial score (nSPS) is 21.8. The Labute approximate surface area is 129 Å². The second kappa shape index (κ2) is 6.72. The molecule has 110 valence electrons. The van der Waals surface area contributed by atoms with E-state index < -0.39 is 0 Å². The highest BCUT2D eigenvalue weighted by molar-refractivity contribution is 9.10. The third-order valence-corrected chi connectivity index (χ3v) is 4.77. The van der Waals surface area contributed by atoms with Gasteiger partial charge in [0, 0.05) is 30.0 Å². The number of amides is 1. The Balaban J connectivity index is 1.90. The lowest BCUT2D eigenvalue weighted by atomic mass is 9.97. The molecule has 4 heteroatoms. The van der Waals surface area contributed by atoms with Crippen LogP contribution in [0.1, 0.15) is 38.2 Å². The minimum Gasteiger partial charge on any atom is -0.342 e. The van der Waals surface area contributed by atoms with Gasteiger partial charge in [-0.3, -0.25) is 4.79 Å². The van der Waals surface area contributed by atoms with Crippen LogP contribution in [0.2, 0.25) is 0 Å². The molecule has 0 bridgehead atoms. The van der Waals surface area contributed by atoms with Crippen molar-refractivity contribution < 1.29 is 4.79 Å². The van der Waals surface area contributed by atoms with Crippen molar-refractivity contribution in [3.05, 3.63) is 34.3 Å². The second-order valence-electron chi connectivity index (χ2n) is 5.90. The first-order valence-corrected chi connectivity index (χ1v) is 8.05. The molecule has 2 rings (SSSR count). The number of carbonyl (C=O) groups is 1. The fourth-order valence-electron chi connectivity index (χ4n) is 2.74. The summed E-state index contributed by atoms with van der Waals surface area (Å²) < 4.78 is 1.07. The van der Waals surface area contributed by atoms with Crippen LogP contribution >= 0.6 is 15.9 Å². The molecular weight excluding hydrogens is 316 g/mol. The number of benzene rings is 1. The zero-order chi connectivity index (χ0) is 14.7. The quantitative estimate of drug-likeness (QED) is 0.916. The molecule has 0 radical (unpaired) electrons. The molecule has 0 aliphatic carbocycles. The van der Waals surface area contributed by atoms with E-state index in [4.69, 9.17) is 5.73 Å². The van der Waals surface area contributed by atoms with Gasteiger partial charge in [-0.25, -0.2) is 0 Å². The minimum absolute atomic E-state index is 0.177. The zero-order valence-electron chi connectivity index (χ0n) is 12.2. The monoisotopic (exact) mass is 338 g/mol. The lowest BCUT2D eigenvalue weighted by Gasteiger charge is -2.20. The van der Waals surface area contributed by atoms with Crippen LogP contribution in [-0.2, 0) is 4.79 Å². The smallest absolute Gasteiger partial charge is 0.223 e. The Morgan fingerprint density at radius 2 is 2.05 bits per heavy atom. The molecule has 1 aromatic carbocycles. The number of hydrogen-bond donors (Lipinski definition) is 1. The number of nitrogens with two attached hydrogens (primary N) is 1. The molecule has 1 heterocycles. The van der Waals surface area contributed by atoms with E-state index in [0.717, 1.165) is 24.0 Å². The van der Waals surface area contributed by atoms with E-state index in [1.165, 1.54) is 5.56 Å². The number of nitrogens with zero attached hydrogens (tertiary/aromatic N) is 1. The number of carbonyl (C=O) groups excluding carboxylic acids is 1. The molecule has 0 saturated carbocycles. The standard InChI is InChI=1S/C16H23BrN2O/c1-11(13-3-5-15(17)6-4-13)9-16(20)19-8-7-14(10-19)12(2)18/h3-6,11-12,14H,7-10,18H2,1-2H3. The Hall–Kier alpha value is -0.870. The van der Waals surface area contributed by atoms with Crippen LogP contribution in [0, 0.1) is 5.92 Å². The van der Waals surface area contributed by atoms with Gasteiger partial charge in [0.15, 0.2) is 0 Å². The zero-order valence-corrected chi connectivity index (χ0v) is 13.8. The first kappa shape index (κ1) is 15.5. The van der Waals surface area contributed by atoms with Crippen LogP contribution < -0.4 is 5.73 Å². The molecular formula is C16H23BrN2O. The van der Waals surface area contributed by atoms with Crippen LogP contribution in [0.3, 0.4) is 0 Å². The van der Waals surface area contributed by atoms with Crippen molar-refractivity contribution in [3.8, 4) is 0 Å². The van der Waals surface area contributed by atoms with Crippen LogP contribution in [-0.4, -0.2) is 29.9 Å². The van der Waals surface area contributed by atoms with E-state index in [1.807, 2.05) is 24.0 Å². The molecule has 1 saturated heterocycles. The van der Waals surface area contributed by atoms with Gasteiger partial charge < -0.3 is 10.6 Å². The molecule has 0 aromatic heterocycles. The fraction of sp³-hybridized carbons (Fsp3) is 0.562. The summed E-state index contributed by atoms with van der Waals surface area (Å²) in [6.45, 7) is 5.82. The molecule has 20 heavy (non-hydrogen) atoms. The Morgan fingerprint density at radius 1 is 1.40 bits per heavy atom. The first-order valence-electron chi connectivity index (χ1n) is 7.26. The molecule has 2 N–H and O–H groups in total. The van der Waals surface area contributed by atoms with Gasteiger partial charge in [-0.2, -0.15) is 0 Å². The summed E-state index contributed by atoms with van der Waals surface area (Å²) >= 11 is 3.43. The maximum absolute atomic E-state index is 12.3. The SMILES string of the molecule is CC(CC(=O)N1CCC(C(C)N)C1)c1ccc(Br)cc1. The lowest BCUT2D eigenvalue weighted by Crippen LogP contribution is -2.33. The van der Waals surface area contributed by atoms with Crippen LogP contribution in [0.4, 0.5) is 0 Å². The van der Waals surface area contributed by atoms with Crippen molar-refractivity contribution >= 4 is 21.8 Å². The van der Waals surface area contributed by atoms with Gasteiger partial charge in [0.1, 0.15) is 0 Å². The van der Waals surface area contributed by atoms with Crippen molar-refractivity contribution in [3.63, 3.8) is 0 Å². The summed E-state index contributed by atoms with van der Waals surface area (Å²) in [6.07, 6.45) is 1.61. The van der Waals surface area contributed by atoms with Crippen LogP contribution in [0.5, 0.6) is 0 Å². The average Bonchev–Trinajstić information content (AvgIpc) is 2.89. The van der Waals surface area contributed by atoms with E-state index in [2.05, 4.69) is 35.0 Å². The highest BCUT2D eigenvalue weighted by Gasteiger charge is 2.28. The molecule has 3 unspecified atom stereocenters. The second-order valence-corrected chi connectivity index (χ2v) is 6.82. The Kier molecular flexibility index (Phi) is 5.22. The van der Waals surface area contributed by atoms with Crippen molar-refractivity contribution in [1.82, 2.24) is 4.90 Å². The highest BCUT2D eigenvalue weighted by Crippen LogP contribution is 2.25. The molecule has 3 nitrogen and oxygen atoms in total. The minimum atomic E-state index is 0.177. The van der Waals surface area contributed by atoms with E-state index in [0.29, 0.717) is 12.3 Å². The fourth-order valence-corrected chi connectivity index (χ4v) is 3.01. The Morgan fingerprint density at radius 3 is 2.60 bits per heavy atom. The molecule has 1 aromatic rings. The average molecular weight is 339 g/mol. The molecule has 1 fully saturated rings. The largest absolute Gasteiger partial charge is 0.342 e. The predicted octanol–water partition coefficient (Wildman–Crippen LogP) is 3.14. The summed E-state index contributed by atoms with van der Waals surface area (Å²) in [5.41, 5.74) is 7.14. The number of halogens is 1. The van der Waals surface area contributed by atoms with Crippen LogP contribution in [0.15, 0.2) is 28.7 Å². The summed E-state index contributed by atoms with van der Waals surface area (Å²) in [5.74, 6) is 0.968. The van der Waals surface area contributed by atoms with Gasteiger partial charge in [0.2, 0.25) is 5.91 Å². The molecule has 1 aliphatic heterocycles. The maximum atomic E-state index is 12.3. The van der Waals surface area contributed by atoms with Gasteiger partial charge >= 0.3 is 0 Å². The van der Waals surface area contributed by atoms with Gasteiger partial charge in [-0.05, 0) is 42.9 Å². The Bertz CT molecular complexity index is 458. The van der Waals surface area contributed by atoms with Gasteiger partial charge in [-0.1, -0.05) is 35.0 Å². The highest BCUT2D eigenvalue weighted by atomic mass is 79.9.